The molecule has 0 saturated carbocycles. The Bertz CT molecular complexity index is 340. The average Bonchev–Trinajstić information content (AvgIpc) is 2.27. The number of rotatable bonds is 6. The van der Waals surface area contributed by atoms with Crippen LogP contribution in [0.4, 0.5) is 0 Å². The van der Waals surface area contributed by atoms with Gasteiger partial charge < -0.3 is 16.6 Å². The highest BCUT2D eigenvalue weighted by Crippen LogP contribution is 2.16. The molecule has 0 amide bonds. The Balaban J connectivity index is 2.75. The number of benzene rings is 1. The summed E-state index contributed by atoms with van der Waals surface area (Å²) in [5.74, 6) is -0.968. The van der Waals surface area contributed by atoms with E-state index in [1.807, 2.05) is 30.3 Å². The van der Waals surface area contributed by atoms with Crippen molar-refractivity contribution in [3.8, 4) is 0 Å². The Morgan fingerprint density at radius 3 is 2.44 bits per heavy atom. The van der Waals surface area contributed by atoms with E-state index in [4.69, 9.17) is 16.6 Å². The molecule has 4 nitrogen and oxygen atoms in total. The van der Waals surface area contributed by atoms with Gasteiger partial charge in [-0.3, -0.25) is 4.79 Å². The zero-order valence-corrected chi connectivity index (χ0v) is 9.23. The van der Waals surface area contributed by atoms with Gasteiger partial charge in [0.1, 0.15) is 5.54 Å². The third kappa shape index (κ3) is 3.32. The van der Waals surface area contributed by atoms with Crippen molar-refractivity contribution < 1.29 is 9.90 Å². The molecule has 88 valence electrons. The smallest absolute Gasteiger partial charge is 0.324 e. The zero-order chi connectivity index (χ0) is 12.0. The van der Waals surface area contributed by atoms with Crippen LogP contribution in [0.3, 0.4) is 0 Å². The molecule has 0 aliphatic heterocycles. The van der Waals surface area contributed by atoms with Crippen molar-refractivity contribution in [2.75, 3.05) is 6.54 Å². The summed E-state index contributed by atoms with van der Waals surface area (Å²) in [6.07, 6.45) is 1.35. The van der Waals surface area contributed by atoms with Crippen LogP contribution >= 0.6 is 0 Å². The first-order valence-corrected chi connectivity index (χ1v) is 5.35. The maximum absolute atomic E-state index is 11.2. The molecule has 1 aromatic carbocycles. The molecule has 4 heteroatoms. The quantitative estimate of drug-likeness (QED) is 0.662. The lowest BCUT2D eigenvalue weighted by molar-refractivity contribution is -0.143. The van der Waals surface area contributed by atoms with E-state index in [2.05, 4.69) is 0 Å². The van der Waals surface area contributed by atoms with Crippen molar-refractivity contribution in [1.29, 1.82) is 0 Å². The van der Waals surface area contributed by atoms with E-state index < -0.39 is 11.5 Å². The molecule has 0 heterocycles. The van der Waals surface area contributed by atoms with E-state index in [1.165, 1.54) is 0 Å². The molecule has 0 radical (unpaired) electrons. The van der Waals surface area contributed by atoms with Gasteiger partial charge in [-0.25, -0.2) is 0 Å². The van der Waals surface area contributed by atoms with Gasteiger partial charge in [-0.2, -0.15) is 0 Å². The van der Waals surface area contributed by atoms with Gasteiger partial charge in [0, 0.05) is 6.42 Å². The first-order valence-electron chi connectivity index (χ1n) is 5.35. The van der Waals surface area contributed by atoms with Gasteiger partial charge in [-0.1, -0.05) is 30.3 Å². The molecule has 0 aromatic heterocycles. The van der Waals surface area contributed by atoms with Crippen molar-refractivity contribution in [2.24, 2.45) is 11.5 Å². The number of carboxylic acid groups (broad SMARTS) is 1. The van der Waals surface area contributed by atoms with E-state index >= 15 is 0 Å². The number of carboxylic acids is 1. The van der Waals surface area contributed by atoms with Gasteiger partial charge in [0.15, 0.2) is 0 Å². The van der Waals surface area contributed by atoms with Crippen LogP contribution < -0.4 is 11.5 Å². The molecule has 0 spiro atoms. The topological polar surface area (TPSA) is 89.3 Å². The van der Waals surface area contributed by atoms with Crippen LogP contribution in [0.25, 0.3) is 0 Å². The lowest BCUT2D eigenvalue weighted by Gasteiger charge is -2.24. The molecule has 0 unspecified atom stereocenters. The molecule has 1 atom stereocenters. The first kappa shape index (κ1) is 12.7. The van der Waals surface area contributed by atoms with Gasteiger partial charge in [-0.15, -0.1) is 0 Å². The molecule has 1 aromatic rings. The van der Waals surface area contributed by atoms with Crippen molar-refractivity contribution in [3.05, 3.63) is 35.9 Å². The summed E-state index contributed by atoms with van der Waals surface area (Å²) >= 11 is 0. The number of carbonyl (C=O) groups is 1. The van der Waals surface area contributed by atoms with E-state index in [0.29, 0.717) is 25.8 Å². The summed E-state index contributed by atoms with van der Waals surface area (Å²) in [4.78, 5) is 11.2. The second-order valence-electron chi connectivity index (χ2n) is 4.02. The summed E-state index contributed by atoms with van der Waals surface area (Å²) < 4.78 is 0. The molecular formula is C12H18N2O2. The van der Waals surface area contributed by atoms with Gasteiger partial charge in [0.2, 0.25) is 0 Å². The fraction of sp³-hybridized carbons (Fsp3) is 0.417. The lowest BCUT2D eigenvalue weighted by atomic mass is 9.87. The highest BCUT2D eigenvalue weighted by molar-refractivity contribution is 5.78. The average molecular weight is 222 g/mol. The summed E-state index contributed by atoms with van der Waals surface area (Å²) in [6, 6.07) is 9.41. The molecular weight excluding hydrogens is 204 g/mol. The third-order valence-corrected chi connectivity index (χ3v) is 2.62. The Hall–Kier alpha value is -1.39. The fourth-order valence-electron chi connectivity index (χ4n) is 1.65. The van der Waals surface area contributed by atoms with Crippen LogP contribution in [0, 0.1) is 0 Å². The maximum Gasteiger partial charge on any atom is 0.324 e. The van der Waals surface area contributed by atoms with Crippen LogP contribution in [-0.4, -0.2) is 23.2 Å². The highest BCUT2D eigenvalue weighted by atomic mass is 16.4. The molecule has 0 saturated heterocycles. The van der Waals surface area contributed by atoms with E-state index in [-0.39, 0.29) is 0 Å². The minimum absolute atomic E-state index is 0.336. The number of hydrogen-bond acceptors (Lipinski definition) is 3. The van der Waals surface area contributed by atoms with Gasteiger partial charge in [-0.05, 0) is 24.9 Å². The fourth-order valence-corrected chi connectivity index (χ4v) is 1.65. The van der Waals surface area contributed by atoms with Crippen molar-refractivity contribution in [2.45, 2.75) is 24.8 Å². The molecule has 0 aliphatic carbocycles. The van der Waals surface area contributed by atoms with Crippen LogP contribution in [0.2, 0.25) is 0 Å². The maximum atomic E-state index is 11.2. The van der Waals surface area contributed by atoms with E-state index in [1.54, 1.807) is 0 Å². The van der Waals surface area contributed by atoms with E-state index in [9.17, 15) is 4.79 Å². The monoisotopic (exact) mass is 222 g/mol. The Labute approximate surface area is 95.3 Å². The third-order valence-electron chi connectivity index (χ3n) is 2.62. The zero-order valence-electron chi connectivity index (χ0n) is 9.23. The summed E-state index contributed by atoms with van der Waals surface area (Å²) in [6.45, 7) is 0.459. The minimum Gasteiger partial charge on any atom is -0.480 e. The van der Waals surface area contributed by atoms with Crippen molar-refractivity contribution in [1.82, 2.24) is 0 Å². The number of aliphatic carboxylic acids is 1. The minimum atomic E-state index is -1.21. The Morgan fingerprint density at radius 1 is 1.31 bits per heavy atom. The van der Waals surface area contributed by atoms with Gasteiger partial charge in [0.25, 0.3) is 0 Å². The van der Waals surface area contributed by atoms with Crippen molar-refractivity contribution >= 4 is 5.97 Å². The SMILES string of the molecule is NCCC[C@](N)(Cc1ccccc1)C(=O)O. The highest BCUT2D eigenvalue weighted by Gasteiger charge is 2.33. The van der Waals surface area contributed by atoms with Crippen LogP contribution in [0.5, 0.6) is 0 Å². The van der Waals surface area contributed by atoms with Gasteiger partial charge in [0.05, 0.1) is 0 Å². The molecule has 5 N–H and O–H groups in total. The molecule has 1 rings (SSSR count). The summed E-state index contributed by atoms with van der Waals surface area (Å²) in [7, 11) is 0. The normalized spacial score (nSPS) is 14.4. The second kappa shape index (κ2) is 5.63. The Kier molecular flexibility index (Phi) is 4.46. The van der Waals surface area contributed by atoms with E-state index in [0.717, 1.165) is 5.56 Å². The van der Waals surface area contributed by atoms with Crippen LogP contribution in [0.1, 0.15) is 18.4 Å². The predicted molar refractivity (Wildman–Crippen MR) is 63.0 cm³/mol. The second-order valence-corrected chi connectivity index (χ2v) is 4.02. The molecule has 0 fully saturated rings. The largest absolute Gasteiger partial charge is 0.480 e. The lowest BCUT2D eigenvalue weighted by Crippen LogP contribution is -2.50. The molecule has 0 aliphatic rings. The predicted octanol–water partition coefficient (Wildman–Crippen LogP) is 0.750. The first-order chi connectivity index (χ1) is 7.58. The number of hydrogen-bond donors (Lipinski definition) is 3. The number of nitrogens with two attached hydrogens (primary N) is 2. The molecule has 0 bridgehead atoms. The standard InChI is InChI=1S/C12H18N2O2/c13-8-4-7-12(14,11(15)16)9-10-5-2-1-3-6-10/h1-3,5-6H,4,7-9,13-14H2,(H,15,16)/t12-/m0/s1. The van der Waals surface area contributed by atoms with Gasteiger partial charge >= 0.3 is 5.97 Å². The summed E-state index contributed by atoms with van der Waals surface area (Å²) in [5.41, 5.74) is 11.0. The van der Waals surface area contributed by atoms with Crippen molar-refractivity contribution in [3.63, 3.8) is 0 Å². The molecule has 16 heavy (non-hydrogen) atoms. The summed E-state index contributed by atoms with van der Waals surface area (Å²) in [5, 5.41) is 9.15. The Morgan fingerprint density at radius 2 is 1.94 bits per heavy atom. The van der Waals surface area contributed by atoms with Crippen LogP contribution in [-0.2, 0) is 11.2 Å². The van der Waals surface area contributed by atoms with Crippen LogP contribution in [0.15, 0.2) is 30.3 Å².